The third kappa shape index (κ3) is 31.3. The Morgan fingerprint density at radius 3 is 2.35 bits per heavy atom. The minimum Gasteiger partial charge on any atom is -0.412 e. The normalized spacial score (nSPS) is 7.35. The minimum absolute atomic E-state index is 0. The van der Waals surface area contributed by atoms with Crippen molar-refractivity contribution in [3.8, 4) is 0 Å². The summed E-state index contributed by atoms with van der Waals surface area (Å²) < 4.78 is 14.4. The summed E-state index contributed by atoms with van der Waals surface area (Å²) in [5, 5.41) is 2.60. The van der Waals surface area contributed by atoms with E-state index in [9.17, 15) is 14.0 Å². The molecule has 0 bridgehead atoms. The fourth-order valence-electron chi connectivity index (χ4n) is 0.643. The molecule has 0 radical (unpaired) electrons. The van der Waals surface area contributed by atoms with Crippen molar-refractivity contribution >= 4 is 12.2 Å². The molecule has 0 saturated carbocycles. The first-order valence-electron chi connectivity index (χ1n) is 5.26. The predicted octanol–water partition coefficient (Wildman–Crippen LogP) is 1.54. The van der Waals surface area contributed by atoms with Crippen molar-refractivity contribution in [2.24, 2.45) is 0 Å². The number of nitrogens with one attached hydrogen (secondary N) is 1. The summed E-state index contributed by atoms with van der Waals surface area (Å²) >= 11 is 0. The first-order valence-corrected chi connectivity index (χ1v) is 5.26. The van der Waals surface area contributed by atoms with Crippen LogP contribution >= 0.6 is 0 Å². The summed E-state index contributed by atoms with van der Waals surface area (Å²) in [7, 11) is 0.500. The van der Waals surface area contributed by atoms with Gasteiger partial charge in [-0.2, -0.15) is 0 Å². The zero-order valence-corrected chi connectivity index (χ0v) is 13.8. The van der Waals surface area contributed by atoms with Gasteiger partial charge >= 0.3 is 0 Å². The number of hydrogen-bond donors (Lipinski definition) is 1. The number of alkyl halides is 1. The van der Waals surface area contributed by atoms with E-state index in [-0.39, 0.29) is 39.8 Å². The van der Waals surface area contributed by atoms with Crippen molar-refractivity contribution in [3.63, 3.8) is 0 Å². The van der Waals surface area contributed by atoms with Gasteiger partial charge in [0.25, 0.3) is 0 Å². The molecule has 4 nitrogen and oxygen atoms in total. The molecule has 0 saturated heterocycles. The van der Waals surface area contributed by atoms with Crippen LogP contribution in [0.2, 0.25) is 0 Å². The van der Waals surface area contributed by atoms with E-state index in [1.54, 1.807) is 0 Å². The van der Waals surface area contributed by atoms with E-state index in [2.05, 4.69) is 12.2 Å². The van der Waals surface area contributed by atoms with Crippen LogP contribution in [-0.4, -0.2) is 39.1 Å². The molecule has 104 valence electrons. The Bertz CT molecular complexity index is 149. The monoisotopic (exact) mass is 420 g/mol. The Labute approximate surface area is 118 Å². The number of carbonyl (C=O) groups is 2. The smallest absolute Gasteiger partial charge is 0.220 e. The minimum atomic E-state index is -0.116. The Balaban J connectivity index is -0.000000152. The molecule has 17 heavy (non-hydrogen) atoms. The maximum Gasteiger partial charge on any atom is 0.220 e. The van der Waals surface area contributed by atoms with Gasteiger partial charge in [-0.1, -0.05) is 20.5 Å². The van der Waals surface area contributed by atoms with Gasteiger partial charge in [-0.05, 0) is 0 Å². The van der Waals surface area contributed by atoms with Crippen LogP contribution in [-0.2, 0) is 35.4 Å². The fourth-order valence-corrected chi connectivity index (χ4v) is 0.643. The Hall–Kier alpha value is -0.282. The van der Waals surface area contributed by atoms with E-state index in [0.717, 1.165) is 6.29 Å². The van der Waals surface area contributed by atoms with E-state index in [0.29, 0.717) is 26.9 Å². The molecule has 0 rings (SSSR count). The number of ether oxygens (including phenoxy) is 1. The molecule has 0 heterocycles. The van der Waals surface area contributed by atoms with Crippen LogP contribution in [0.5, 0.6) is 0 Å². The Kier molecular flexibility index (Phi) is 44.5. The van der Waals surface area contributed by atoms with Crippen LogP contribution in [0, 0.1) is 6.92 Å². The number of carbonyl (C=O) groups excluding carboxylic acids is 2. The van der Waals surface area contributed by atoms with Crippen molar-refractivity contribution in [1.29, 1.82) is 0 Å². The molecule has 0 spiro atoms. The standard InChI is InChI=1S/C8H14NO3.C2H6.CH3F.W/c1-2-12-7-5-9-8(11)4-3-6-10;2*1-2;/h6H,1-5,7H2,(H,9,11);1-2H3;1H3;/q-1;;;. The van der Waals surface area contributed by atoms with Crippen molar-refractivity contribution < 1.29 is 39.8 Å². The Morgan fingerprint density at radius 2 is 1.94 bits per heavy atom. The van der Waals surface area contributed by atoms with E-state index in [4.69, 9.17) is 4.74 Å². The van der Waals surface area contributed by atoms with Crippen molar-refractivity contribution in [2.75, 3.05) is 26.9 Å². The topological polar surface area (TPSA) is 55.4 Å². The summed E-state index contributed by atoms with van der Waals surface area (Å²) in [5.41, 5.74) is 0. The van der Waals surface area contributed by atoms with Gasteiger partial charge in [0.1, 0.15) is 6.29 Å². The summed E-state index contributed by atoms with van der Waals surface area (Å²) in [6.45, 7) is 8.83. The van der Waals surface area contributed by atoms with Crippen LogP contribution < -0.4 is 5.32 Å². The zero-order chi connectivity index (χ0) is 13.2. The van der Waals surface area contributed by atoms with Gasteiger partial charge in [-0.25, -0.2) is 0 Å². The van der Waals surface area contributed by atoms with Gasteiger partial charge in [0, 0.05) is 40.5 Å². The molecule has 0 atom stereocenters. The third-order valence-electron chi connectivity index (χ3n) is 1.20. The molecule has 0 unspecified atom stereocenters. The zero-order valence-electron chi connectivity index (χ0n) is 10.8. The first-order chi connectivity index (χ1) is 7.81. The Morgan fingerprint density at radius 1 is 1.41 bits per heavy atom. The second kappa shape index (κ2) is 29.6. The second-order valence-corrected chi connectivity index (χ2v) is 2.17. The SMILES string of the molecule is CC.CF.[CH2-]COCCNC(=O)CCC=O.[W]. The van der Waals surface area contributed by atoms with Gasteiger partial charge in [-0.15, -0.1) is 0 Å². The molecular formula is C11H23FNO3W-. The van der Waals surface area contributed by atoms with Crippen LogP contribution in [0.3, 0.4) is 0 Å². The van der Waals surface area contributed by atoms with E-state index >= 15 is 0 Å². The van der Waals surface area contributed by atoms with Gasteiger partial charge in [-0.3, -0.25) is 9.18 Å². The van der Waals surface area contributed by atoms with E-state index < -0.39 is 0 Å². The molecule has 6 heteroatoms. The average molecular weight is 420 g/mol. The maximum atomic E-state index is 10.8. The largest absolute Gasteiger partial charge is 0.412 e. The van der Waals surface area contributed by atoms with E-state index in [1.807, 2.05) is 13.8 Å². The molecule has 0 aliphatic rings. The molecular weight excluding hydrogens is 397 g/mol. The number of rotatable bonds is 7. The quantitative estimate of drug-likeness (QED) is 0.387. The molecule has 0 aromatic carbocycles. The van der Waals surface area contributed by atoms with Crippen molar-refractivity contribution in [3.05, 3.63) is 6.92 Å². The molecule has 1 amide bonds. The van der Waals surface area contributed by atoms with Gasteiger partial charge < -0.3 is 21.8 Å². The van der Waals surface area contributed by atoms with Crippen LogP contribution in [0.4, 0.5) is 4.39 Å². The molecule has 0 aliphatic heterocycles. The number of halogens is 1. The van der Waals surface area contributed by atoms with Gasteiger partial charge in [0.2, 0.25) is 5.91 Å². The summed E-state index contributed by atoms with van der Waals surface area (Å²) in [4.78, 5) is 20.7. The predicted molar refractivity (Wildman–Crippen MR) is 62.9 cm³/mol. The summed E-state index contributed by atoms with van der Waals surface area (Å²) in [5.74, 6) is -0.116. The van der Waals surface area contributed by atoms with Crippen LogP contribution in [0.25, 0.3) is 0 Å². The van der Waals surface area contributed by atoms with E-state index in [1.165, 1.54) is 0 Å². The van der Waals surface area contributed by atoms with Gasteiger partial charge in [0.05, 0.1) is 13.8 Å². The van der Waals surface area contributed by atoms with Crippen molar-refractivity contribution in [1.82, 2.24) is 5.32 Å². The van der Waals surface area contributed by atoms with Crippen LogP contribution in [0.1, 0.15) is 26.7 Å². The third-order valence-corrected chi connectivity index (χ3v) is 1.20. The molecule has 1 N–H and O–H groups in total. The first kappa shape index (κ1) is 25.5. The maximum absolute atomic E-state index is 10.8. The summed E-state index contributed by atoms with van der Waals surface area (Å²) in [6.07, 6.45) is 1.27. The average Bonchev–Trinajstić information content (AvgIpc) is 2.37. The second-order valence-electron chi connectivity index (χ2n) is 2.17. The number of amides is 1. The molecule has 0 fully saturated rings. The number of hydrogen-bond acceptors (Lipinski definition) is 3. The summed E-state index contributed by atoms with van der Waals surface area (Å²) in [6, 6.07) is 0. The number of aldehydes is 1. The molecule has 0 aliphatic carbocycles. The molecule has 0 aromatic heterocycles. The fraction of sp³-hybridized carbons (Fsp3) is 0.727. The molecule has 0 aromatic rings. The van der Waals surface area contributed by atoms with Crippen molar-refractivity contribution in [2.45, 2.75) is 26.7 Å². The van der Waals surface area contributed by atoms with Crippen LogP contribution in [0.15, 0.2) is 0 Å². The van der Waals surface area contributed by atoms with Gasteiger partial charge in [0.15, 0.2) is 0 Å².